The maximum Gasteiger partial charge on any atom is 0.257 e. The lowest BCUT2D eigenvalue weighted by Gasteiger charge is -2.16. The monoisotopic (exact) mass is 436 g/mol. The first kappa shape index (κ1) is 19.0. The Morgan fingerprint density at radius 2 is 1.87 bits per heavy atom. The van der Waals surface area contributed by atoms with Gasteiger partial charge in [0.15, 0.2) is 11.0 Å². The molecule has 2 heterocycles. The molecule has 5 rings (SSSR count). The molecule has 5 nitrogen and oxygen atoms in total. The highest BCUT2D eigenvalue weighted by Gasteiger charge is 2.27. The van der Waals surface area contributed by atoms with Gasteiger partial charge in [0.05, 0.1) is 4.91 Å². The van der Waals surface area contributed by atoms with E-state index in [0.717, 1.165) is 40.8 Å². The van der Waals surface area contributed by atoms with Crippen molar-refractivity contribution < 1.29 is 13.7 Å². The van der Waals surface area contributed by atoms with Crippen molar-refractivity contribution in [1.29, 1.82) is 0 Å². The van der Waals surface area contributed by atoms with E-state index in [1.165, 1.54) is 11.6 Å². The van der Waals surface area contributed by atoms with Crippen LogP contribution in [0.15, 0.2) is 66.9 Å². The molecule has 30 heavy (non-hydrogen) atoms. The average molecular weight is 437 g/mol. The summed E-state index contributed by atoms with van der Waals surface area (Å²) in [5.41, 5.74) is 5.16. The highest BCUT2D eigenvalue weighted by Crippen LogP contribution is 2.41. The minimum absolute atomic E-state index is 0.0516. The van der Waals surface area contributed by atoms with E-state index in [9.17, 15) is 9.00 Å². The summed E-state index contributed by atoms with van der Waals surface area (Å²) >= 11 is 6.32. The molecule has 1 aliphatic carbocycles. The summed E-state index contributed by atoms with van der Waals surface area (Å²) in [5.74, 6) is 0.390. The van der Waals surface area contributed by atoms with Gasteiger partial charge in [-0.2, -0.15) is 0 Å². The normalized spacial score (nSPS) is 19.9. The van der Waals surface area contributed by atoms with Crippen LogP contribution in [0.1, 0.15) is 29.2 Å². The predicted octanol–water partition coefficient (Wildman–Crippen LogP) is 4.60. The Kier molecular flexibility index (Phi) is 4.89. The fourth-order valence-electron chi connectivity index (χ4n) is 3.98. The summed E-state index contributed by atoms with van der Waals surface area (Å²) in [6.07, 6.45) is 4.78. The molecule has 7 heteroatoms. The zero-order valence-corrected chi connectivity index (χ0v) is 17.4. The summed E-state index contributed by atoms with van der Waals surface area (Å²) in [6.45, 7) is 0. The van der Waals surface area contributed by atoms with E-state index in [-0.39, 0.29) is 12.0 Å². The zero-order chi connectivity index (χ0) is 20.7. The molecule has 2 aromatic carbocycles. The molecular weight excluding hydrogens is 420 g/mol. The first-order valence-electron chi connectivity index (χ1n) is 9.54. The number of pyridine rings is 1. The number of amides is 1. The third-order valence-corrected chi connectivity index (χ3v) is 6.78. The van der Waals surface area contributed by atoms with Crippen molar-refractivity contribution >= 4 is 33.4 Å². The molecule has 1 aliphatic heterocycles. The predicted molar refractivity (Wildman–Crippen MR) is 117 cm³/mol. The van der Waals surface area contributed by atoms with Crippen LogP contribution in [0.3, 0.4) is 0 Å². The highest BCUT2D eigenvalue weighted by molar-refractivity contribution is 7.93. The molecule has 0 saturated heterocycles. The number of aromatic nitrogens is 1. The SMILES string of the molecule is O=C1C=C(c2ccc(O[C@@H]3CCc4c(-c5cccnc5Cl)cccc43)cc2)S(=O)N1. The Morgan fingerprint density at radius 3 is 2.60 bits per heavy atom. The number of carbonyl (C=O) groups is 1. The largest absolute Gasteiger partial charge is 0.486 e. The van der Waals surface area contributed by atoms with E-state index in [0.29, 0.717) is 10.1 Å². The van der Waals surface area contributed by atoms with Crippen molar-refractivity contribution in [1.82, 2.24) is 9.71 Å². The minimum Gasteiger partial charge on any atom is -0.486 e. The van der Waals surface area contributed by atoms with Crippen LogP contribution in [0.4, 0.5) is 0 Å². The number of nitrogens with one attached hydrogen (secondary N) is 1. The number of fused-ring (bicyclic) bond motifs is 1. The molecule has 2 aliphatic rings. The second kappa shape index (κ2) is 7.70. The van der Waals surface area contributed by atoms with Gasteiger partial charge < -0.3 is 4.74 Å². The fraction of sp³-hybridized carbons (Fsp3) is 0.130. The second-order valence-electron chi connectivity index (χ2n) is 7.13. The maximum atomic E-state index is 11.9. The first-order chi connectivity index (χ1) is 14.6. The number of hydrogen-bond acceptors (Lipinski definition) is 4. The summed E-state index contributed by atoms with van der Waals surface area (Å²) < 4.78 is 20.6. The van der Waals surface area contributed by atoms with Crippen LogP contribution in [0.5, 0.6) is 5.75 Å². The molecule has 0 spiro atoms. The molecule has 1 unspecified atom stereocenters. The van der Waals surface area contributed by atoms with Crippen molar-refractivity contribution in [2.75, 3.05) is 0 Å². The van der Waals surface area contributed by atoms with Crippen LogP contribution in [-0.2, 0) is 22.2 Å². The van der Waals surface area contributed by atoms with Crippen molar-refractivity contribution in [3.05, 3.63) is 88.7 Å². The standard InChI is InChI=1S/C23H17ClN2O3S/c24-23-19(5-2-12-25-23)16-3-1-4-18-17(16)10-11-20(18)29-15-8-6-14(7-9-15)21-13-22(27)26-30(21)28/h1-9,12-13,20H,10-11H2,(H,26,27)/t20-,30?/m1/s1. The smallest absolute Gasteiger partial charge is 0.257 e. The van der Waals surface area contributed by atoms with Gasteiger partial charge in [-0.3, -0.25) is 9.52 Å². The van der Waals surface area contributed by atoms with E-state index in [1.54, 1.807) is 6.20 Å². The lowest BCUT2D eigenvalue weighted by molar-refractivity contribution is -0.114. The van der Waals surface area contributed by atoms with Crippen molar-refractivity contribution in [3.8, 4) is 16.9 Å². The third kappa shape index (κ3) is 3.42. The molecule has 150 valence electrons. The molecule has 2 atom stereocenters. The Balaban J connectivity index is 1.39. The number of ether oxygens (including phenoxy) is 1. The Morgan fingerprint density at radius 1 is 1.07 bits per heavy atom. The van der Waals surface area contributed by atoms with Crippen molar-refractivity contribution in [3.63, 3.8) is 0 Å². The molecule has 0 bridgehead atoms. The summed E-state index contributed by atoms with van der Waals surface area (Å²) in [4.78, 5) is 16.1. The molecule has 0 fully saturated rings. The topological polar surface area (TPSA) is 68.3 Å². The average Bonchev–Trinajstić information content (AvgIpc) is 3.31. The molecular formula is C23H17ClN2O3S. The van der Waals surface area contributed by atoms with E-state index in [2.05, 4.69) is 21.8 Å². The van der Waals surface area contributed by atoms with Gasteiger partial charge in [-0.15, -0.1) is 0 Å². The van der Waals surface area contributed by atoms with E-state index in [4.69, 9.17) is 16.3 Å². The van der Waals surface area contributed by atoms with Crippen molar-refractivity contribution in [2.45, 2.75) is 18.9 Å². The van der Waals surface area contributed by atoms with Crippen LogP contribution in [0, 0.1) is 0 Å². The number of nitrogens with zero attached hydrogens (tertiary/aromatic N) is 1. The van der Waals surface area contributed by atoms with Gasteiger partial charge in [-0.25, -0.2) is 9.19 Å². The zero-order valence-electron chi connectivity index (χ0n) is 15.8. The van der Waals surface area contributed by atoms with Gasteiger partial charge in [0.25, 0.3) is 5.91 Å². The third-order valence-electron chi connectivity index (χ3n) is 5.34. The molecule has 1 N–H and O–H groups in total. The van der Waals surface area contributed by atoms with E-state index >= 15 is 0 Å². The Bertz CT molecular complexity index is 1210. The fourth-order valence-corrected chi connectivity index (χ4v) is 5.12. The summed E-state index contributed by atoms with van der Waals surface area (Å²) in [7, 11) is -1.50. The number of rotatable bonds is 4. The van der Waals surface area contributed by atoms with Gasteiger partial charge in [0.2, 0.25) is 0 Å². The summed E-state index contributed by atoms with van der Waals surface area (Å²) in [5, 5.41) is 0.498. The Hall–Kier alpha value is -2.96. The van der Waals surface area contributed by atoms with Gasteiger partial charge in [0.1, 0.15) is 17.0 Å². The Labute approximate surface area is 181 Å². The van der Waals surface area contributed by atoms with Crippen LogP contribution < -0.4 is 9.46 Å². The number of carbonyl (C=O) groups excluding carboxylic acids is 1. The highest BCUT2D eigenvalue weighted by atomic mass is 35.5. The van der Waals surface area contributed by atoms with E-state index < -0.39 is 11.0 Å². The van der Waals surface area contributed by atoms with Gasteiger partial charge in [0, 0.05) is 17.8 Å². The van der Waals surface area contributed by atoms with Crippen LogP contribution in [0.25, 0.3) is 16.0 Å². The van der Waals surface area contributed by atoms with Crippen molar-refractivity contribution in [2.24, 2.45) is 0 Å². The molecule has 3 aromatic rings. The second-order valence-corrected chi connectivity index (χ2v) is 8.67. The lowest BCUT2D eigenvalue weighted by Crippen LogP contribution is -2.16. The van der Waals surface area contributed by atoms with Gasteiger partial charge in [-0.05, 0) is 59.4 Å². The lowest BCUT2D eigenvalue weighted by atomic mass is 9.98. The maximum absolute atomic E-state index is 11.9. The first-order valence-corrected chi connectivity index (χ1v) is 11.1. The molecule has 1 amide bonds. The van der Waals surface area contributed by atoms with Crippen LogP contribution >= 0.6 is 11.6 Å². The quantitative estimate of drug-likeness (QED) is 0.607. The molecule has 0 radical (unpaired) electrons. The van der Waals surface area contributed by atoms with Crippen LogP contribution in [0.2, 0.25) is 5.15 Å². The summed E-state index contributed by atoms with van der Waals surface area (Å²) in [6, 6.07) is 17.4. The molecule has 1 aromatic heterocycles. The number of halogens is 1. The van der Waals surface area contributed by atoms with Crippen LogP contribution in [-0.4, -0.2) is 15.1 Å². The van der Waals surface area contributed by atoms with E-state index in [1.807, 2.05) is 42.5 Å². The minimum atomic E-state index is -1.50. The number of hydrogen-bond donors (Lipinski definition) is 1. The molecule has 0 saturated carbocycles. The van der Waals surface area contributed by atoms with Gasteiger partial charge in [-0.1, -0.05) is 41.9 Å². The number of benzene rings is 2. The van der Waals surface area contributed by atoms with Gasteiger partial charge >= 0.3 is 0 Å².